The molecule has 2 aromatic carbocycles. The van der Waals surface area contributed by atoms with Crippen LogP contribution in [0.4, 0.5) is 20.6 Å². The van der Waals surface area contributed by atoms with Crippen molar-refractivity contribution in [3.05, 3.63) is 71.2 Å². The van der Waals surface area contributed by atoms with Crippen molar-refractivity contribution in [2.45, 2.75) is 64.5 Å². The molecular formula is C27H30FN3O2. The Kier molecular flexibility index (Phi) is 5.47. The van der Waals surface area contributed by atoms with Crippen LogP contribution in [0.1, 0.15) is 64.0 Å². The predicted octanol–water partition coefficient (Wildman–Crippen LogP) is 6.09. The van der Waals surface area contributed by atoms with Gasteiger partial charge in [0.05, 0.1) is 17.4 Å². The molecule has 33 heavy (non-hydrogen) atoms. The maximum absolute atomic E-state index is 13.8. The van der Waals surface area contributed by atoms with E-state index < -0.39 is 6.04 Å². The molecule has 0 bridgehead atoms. The number of urea groups is 1. The van der Waals surface area contributed by atoms with Gasteiger partial charge >= 0.3 is 6.03 Å². The largest absolute Gasteiger partial charge is 0.357 e. The number of amides is 2. The maximum Gasteiger partial charge on any atom is 0.323 e. The standard InChI is InChI=1S/C27H30FN3O2/c1-27(2)15-21-24(23(32)16-27)25(17-11-13-18(28)14-12-17)31(22-10-6-5-9-20(22)30-21)26(33)29-19-7-3-4-8-19/h5-6,9-14,19,25,30H,3-4,7-8,15-16H2,1-2H3,(H,29,33)/t25-/m0/s1. The Balaban J connectivity index is 1.69. The van der Waals surface area contributed by atoms with E-state index >= 15 is 0 Å². The molecule has 1 saturated carbocycles. The molecule has 1 heterocycles. The molecule has 2 aromatic rings. The number of nitrogens with zero attached hydrogens (tertiary/aromatic N) is 1. The summed E-state index contributed by atoms with van der Waals surface area (Å²) in [5.41, 5.74) is 3.47. The zero-order valence-corrected chi connectivity index (χ0v) is 19.2. The van der Waals surface area contributed by atoms with Gasteiger partial charge in [-0.1, -0.05) is 51.0 Å². The normalized spacial score (nSPS) is 22.3. The number of carbonyl (C=O) groups excluding carboxylic acids is 2. The summed E-state index contributed by atoms with van der Waals surface area (Å²) in [6.07, 6.45) is 5.22. The molecule has 172 valence electrons. The van der Waals surface area contributed by atoms with E-state index in [-0.39, 0.29) is 29.1 Å². The Morgan fingerprint density at radius 2 is 1.76 bits per heavy atom. The molecular weight excluding hydrogens is 417 g/mol. The van der Waals surface area contributed by atoms with Crippen LogP contribution < -0.4 is 15.5 Å². The summed E-state index contributed by atoms with van der Waals surface area (Å²) >= 11 is 0. The number of hydrogen-bond acceptors (Lipinski definition) is 3. The van der Waals surface area contributed by atoms with Crippen LogP contribution in [0.2, 0.25) is 0 Å². The Bertz CT molecular complexity index is 1120. The SMILES string of the molecule is CC1(C)CC(=O)C2=C(C1)Nc1ccccc1N(C(=O)NC1CCCC1)[C@H]2c1ccc(F)cc1. The van der Waals surface area contributed by atoms with Gasteiger partial charge in [0.25, 0.3) is 0 Å². The van der Waals surface area contributed by atoms with E-state index in [0.717, 1.165) is 42.6 Å². The Hall–Kier alpha value is -3.15. The molecule has 0 aromatic heterocycles. The van der Waals surface area contributed by atoms with Crippen LogP contribution in [0.25, 0.3) is 0 Å². The highest BCUT2D eigenvalue weighted by Crippen LogP contribution is 2.48. The van der Waals surface area contributed by atoms with E-state index in [1.165, 1.54) is 12.1 Å². The Labute approximate surface area is 194 Å². The van der Waals surface area contributed by atoms with Gasteiger partial charge in [-0.3, -0.25) is 9.69 Å². The first-order valence-electron chi connectivity index (χ1n) is 11.8. The zero-order chi connectivity index (χ0) is 23.2. The van der Waals surface area contributed by atoms with E-state index in [0.29, 0.717) is 24.1 Å². The average molecular weight is 448 g/mol. The number of benzene rings is 2. The lowest BCUT2D eigenvalue weighted by Gasteiger charge is -2.37. The number of nitrogens with one attached hydrogen (secondary N) is 2. The minimum atomic E-state index is -0.637. The highest BCUT2D eigenvalue weighted by Gasteiger charge is 2.43. The summed E-state index contributed by atoms with van der Waals surface area (Å²) in [5, 5.41) is 6.71. The molecule has 0 saturated heterocycles. The van der Waals surface area contributed by atoms with E-state index in [1.54, 1.807) is 17.0 Å². The topological polar surface area (TPSA) is 61.4 Å². The van der Waals surface area contributed by atoms with Gasteiger partial charge in [0.1, 0.15) is 5.82 Å². The van der Waals surface area contributed by atoms with Crippen LogP contribution in [-0.4, -0.2) is 17.9 Å². The fourth-order valence-corrected chi connectivity index (χ4v) is 5.49. The molecule has 6 heteroatoms. The number of carbonyl (C=O) groups is 2. The van der Waals surface area contributed by atoms with Crippen LogP contribution in [0, 0.1) is 11.2 Å². The van der Waals surface area contributed by atoms with E-state index in [4.69, 9.17) is 0 Å². The Morgan fingerprint density at radius 1 is 1.06 bits per heavy atom. The first-order chi connectivity index (χ1) is 15.8. The molecule has 0 spiro atoms. The first-order valence-corrected chi connectivity index (χ1v) is 11.8. The van der Waals surface area contributed by atoms with Crippen LogP contribution in [0.3, 0.4) is 0 Å². The van der Waals surface area contributed by atoms with Crippen molar-refractivity contribution >= 4 is 23.2 Å². The molecule has 1 fully saturated rings. The van der Waals surface area contributed by atoms with E-state index in [1.807, 2.05) is 24.3 Å². The molecule has 0 radical (unpaired) electrons. The molecule has 2 aliphatic carbocycles. The molecule has 5 nitrogen and oxygen atoms in total. The third-order valence-corrected chi connectivity index (χ3v) is 6.99. The molecule has 3 aliphatic rings. The van der Waals surface area contributed by atoms with Crippen molar-refractivity contribution in [2.24, 2.45) is 5.41 Å². The predicted molar refractivity (Wildman–Crippen MR) is 128 cm³/mol. The zero-order valence-electron chi connectivity index (χ0n) is 19.2. The summed E-state index contributed by atoms with van der Waals surface area (Å²) in [7, 11) is 0. The molecule has 1 aliphatic heterocycles. The maximum atomic E-state index is 13.8. The van der Waals surface area contributed by atoms with Gasteiger partial charge in [-0.2, -0.15) is 0 Å². The highest BCUT2D eigenvalue weighted by molar-refractivity contribution is 6.06. The summed E-state index contributed by atoms with van der Waals surface area (Å²) in [5.74, 6) is -0.326. The fraction of sp³-hybridized carbons (Fsp3) is 0.407. The molecule has 5 rings (SSSR count). The van der Waals surface area contributed by atoms with Crippen molar-refractivity contribution in [1.82, 2.24) is 5.32 Å². The summed E-state index contributed by atoms with van der Waals surface area (Å²) in [6, 6.07) is 13.1. The number of fused-ring (bicyclic) bond motifs is 1. The van der Waals surface area contributed by atoms with Gasteiger partial charge in [0.2, 0.25) is 0 Å². The van der Waals surface area contributed by atoms with Crippen LogP contribution >= 0.6 is 0 Å². The monoisotopic (exact) mass is 447 g/mol. The third kappa shape index (κ3) is 4.14. The van der Waals surface area contributed by atoms with E-state index in [9.17, 15) is 14.0 Å². The number of allylic oxidation sites excluding steroid dienone is 1. The minimum absolute atomic E-state index is 0.0227. The molecule has 0 unspecified atom stereocenters. The summed E-state index contributed by atoms with van der Waals surface area (Å²) < 4.78 is 13.8. The van der Waals surface area contributed by atoms with Gasteiger partial charge in [-0.15, -0.1) is 0 Å². The summed E-state index contributed by atoms with van der Waals surface area (Å²) in [6.45, 7) is 4.18. The lowest BCUT2D eigenvalue weighted by molar-refractivity contribution is -0.118. The second-order valence-corrected chi connectivity index (χ2v) is 10.2. The lowest BCUT2D eigenvalue weighted by Crippen LogP contribution is -2.47. The van der Waals surface area contributed by atoms with Gasteiger partial charge in [0, 0.05) is 23.7 Å². The second-order valence-electron chi connectivity index (χ2n) is 10.2. The van der Waals surface area contributed by atoms with Crippen molar-refractivity contribution in [1.29, 1.82) is 0 Å². The summed E-state index contributed by atoms with van der Waals surface area (Å²) in [4.78, 5) is 29.1. The Morgan fingerprint density at radius 3 is 2.48 bits per heavy atom. The van der Waals surface area contributed by atoms with E-state index in [2.05, 4.69) is 24.5 Å². The number of ketones is 1. The number of hydrogen-bond donors (Lipinski definition) is 2. The van der Waals surface area contributed by atoms with Gasteiger partial charge < -0.3 is 10.6 Å². The average Bonchev–Trinajstić information content (AvgIpc) is 3.21. The van der Waals surface area contributed by atoms with Crippen molar-refractivity contribution < 1.29 is 14.0 Å². The number of anilines is 2. The van der Waals surface area contributed by atoms with Gasteiger partial charge in [0.15, 0.2) is 5.78 Å². The minimum Gasteiger partial charge on any atom is -0.357 e. The molecule has 2 amide bonds. The second kappa shape index (κ2) is 8.32. The molecule has 1 atom stereocenters. The van der Waals surface area contributed by atoms with Crippen molar-refractivity contribution in [3.8, 4) is 0 Å². The van der Waals surface area contributed by atoms with Crippen LogP contribution in [0.15, 0.2) is 59.8 Å². The van der Waals surface area contributed by atoms with Crippen molar-refractivity contribution in [2.75, 3.05) is 10.2 Å². The number of halogens is 1. The first kappa shape index (κ1) is 21.7. The lowest BCUT2D eigenvalue weighted by atomic mass is 9.73. The smallest absolute Gasteiger partial charge is 0.323 e. The van der Waals surface area contributed by atoms with Crippen LogP contribution in [0.5, 0.6) is 0 Å². The number of rotatable bonds is 2. The van der Waals surface area contributed by atoms with Gasteiger partial charge in [-0.05, 0) is 54.5 Å². The highest BCUT2D eigenvalue weighted by atomic mass is 19.1. The quantitative estimate of drug-likeness (QED) is 0.585. The number of para-hydroxylation sites is 2. The number of Topliss-reactive ketones (excluding diaryl/α,β-unsaturated/α-hetero) is 1. The van der Waals surface area contributed by atoms with Crippen LogP contribution in [-0.2, 0) is 4.79 Å². The fourth-order valence-electron chi connectivity index (χ4n) is 5.49. The molecule has 2 N–H and O–H groups in total. The third-order valence-electron chi connectivity index (χ3n) is 6.99. The van der Waals surface area contributed by atoms with Crippen molar-refractivity contribution in [3.63, 3.8) is 0 Å². The van der Waals surface area contributed by atoms with Gasteiger partial charge in [-0.25, -0.2) is 9.18 Å².